The van der Waals surface area contributed by atoms with Gasteiger partial charge in [0.2, 0.25) is 15.9 Å². The molecule has 0 saturated carbocycles. The lowest BCUT2D eigenvalue weighted by Crippen LogP contribution is -2.35. The molecule has 7 heteroatoms. The second-order valence-corrected chi connectivity index (χ2v) is 10.1. The van der Waals surface area contributed by atoms with Crippen molar-refractivity contribution in [1.29, 1.82) is 0 Å². The topological polar surface area (TPSA) is 75.7 Å². The third-order valence-corrected chi connectivity index (χ3v) is 7.72. The number of nitrogens with zero attached hydrogens (tertiary/aromatic N) is 1. The average Bonchev–Trinajstić information content (AvgIpc) is 2.85. The van der Waals surface area contributed by atoms with Gasteiger partial charge < -0.3 is 10.1 Å². The minimum atomic E-state index is -3.61. The minimum absolute atomic E-state index is 0.160. The van der Waals surface area contributed by atoms with Crippen LogP contribution >= 0.6 is 0 Å². The molecule has 1 heterocycles. The van der Waals surface area contributed by atoms with Crippen molar-refractivity contribution in [3.63, 3.8) is 0 Å². The maximum atomic E-state index is 13.0. The van der Waals surface area contributed by atoms with E-state index in [9.17, 15) is 13.2 Å². The quantitative estimate of drug-likeness (QED) is 0.549. The number of amides is 1. The van der Waals surface area contributed by atoms with E-state index in [-0.39, 0.29) is 17.2 Å². The molecule has 0 atom stereocenters. The summed E-state index contributed by atoms with van der Waals surface area (Å²) in [6, 6.07) is 22.5. The van der Waals surface area contributed by atoms with Crippen LogP contribution in [0.25, 0.3) is 11.1 Å². The standard InChI is InChI=1S/C26H28N2O4S/c1-32-25-15-14-23(33(30,31)28-16-6-3-7-17-28)19-24(25)27-26(29)18-20-10-12-22(13-11-20)21-8-4-2-5-9-21/h2,4-5,8-15,19H,3,6-7,16-18H2,1H3,(H,27,29). The fourth-order valence-corrected chi connectivity index (χ4v) is 5.57. The Morgan fingerprint density at radius 1 is 0.909 bits per heavy atom. The Morgan fingerprint density at radius 2 is 1.58 bits per heavy atom. The van der Waals surface area contributed by atoms with Crippen LogP contribution < -0.4 is 10.1 Å². The van der Waals surface area contributed by atoms with Gasteiger partial charge in [-0.25, -0.2) is 8.42 Å². The number of hydrogen-bond acceptors (Lipinski definition) is 4. The Balaban J connectivity index is 1.48. The Kier molecular flexibility index (Phi) is 7.11. The zero-order valence-corrected chi connectivity index (χ0v) is 19.5. The van der Waals surface area contributed by atoms with Gasteiger partial charge in [-0.05, 0) is 47.7 Å². The van der Waals surface area contributed by atoms with Crippen LogP contribution in [-0.4, -0.2) is 38.8 Å². The molecule has 172 valence electrons. The molecule has 3 aromatic carbocycles. The number of carbonyl (C=O) groups is 1. The van der Waals surface area contributed by atoms with Gasteiger partial charge in [0, 0.05) is 13.1 Å². The molecule has 1 aliphatic rings. The van der Waals surface area contributed by atoms with Crippen molar-refractivity contribution in [2.24, 2.45) is 0 Å². The molecule has 0 aromatic heterocycles. The summed E-state index contributed by atoms with van der Waals surface area (Å²) >= 11 is 0. The number of methoxy groups -OCH3 is 1. The molecular weight excluding hydrogens is 436 g/mol. The smallest absolute Gasteiger partial charge is 0.243 e. The van der Waals surface area contributed by atoms with Crippen molar-refractivity contribution in [3.05, 3.63) is 78.4 Å². The summed E-state index contributed by atoms with van der Waals surface area (Å²) in [4.78, 5) is 12.9. The second kappa shape index (κ2) is 10.2. The lowest BCUT2D eigenvalue weighted by molar-refractivity contribution is -0.115. The van der Waals surface area contributed by atoms with Gasteiger partial charge in [-0.2, -0.15) is 4.31 Å². The Hall–Kier alpha value is -3.16. The van der Waals surface area contributed by atoms with Crippen LogP contribution in [0.15, 0.2) is 77.7 Å². The fourth-order valence-electron chi connectivity index (χ4n) is 4.02. The molecule has 1 amide bonds. The van der Waals surface area contributed by atoms with Crippen molar-refractivity contribution < 1.29 is 17.9 Å². The summed E-state index contributed by atoms with van der Waals surface area (Å²) in [5, 5.41) is 2.82. The minimum Gasteiger partial charge on any atom is -0.495 e. The number of sulfonamides is 1. The van der Waals surface area contributed by atoms with E-state index in [1.165, 1.54) is 23.5 Å². The number of benzene rings is 3. The number of rotatable bonds is 7. The molecule has 33 heavy (non-hydrogen) atoms. The second-order valence-electron chi connectivity index (χ2n) is 8.11. The highest BCUT2D eigenvalue weighted by atomic mass is 32.2. The fraction of sp³-hybridized carbons (Fsp3) is 0.269. The van der Waals surface area contributed by atoms with E-state index >= 15 is 0 Å². The van der Waals surface area contributed by atoms with E-state index in [0.29, 0.717) is 24.5 Å². The van der Waals surface area contributed by atoms with E-state index in [1.54, 1.807) is 6.07 Å². The van der Waals surface area contributed by atoms with Crippen molar-refractivity contribution >= 4 is 21.6 Å². The Bertz CT molecular complexity index is 1200. The maximum absolute atomic E-state index is 13.0. The van der Waals surface area contributed by atoms with Crippen molar-refractivity contribution in [1.82, 2.24) is 4.31 Å². The monoisotopic (exact) mass is 464 g/mol. The van der Waals surface area contributed by atoms with Crippen LogP contribution in [0.3, 0.4) is 0 Å². The molecule has 1 N–H and O–H groups in total. The van der Waals surface area contributed by atoms with Crippen LogP contribution in [0.5, 0.6) is 5.75 Å². The molecule has 0 bridgehead atoms. The van der Waals surface area contributed by atoms with Crippen LogP contribution in [0, 0.1) is 0 Å². The molecule has 0 spiro atoms. The van der Waals surface area contributed by atoms with Crippen LogP contribution in [0.4, 0.5) is 5.69 Å². The van der Waals surface area contributed by atoms with Gasteiger partial charge in [0.1, 0.15) is 5.75 Å². The van der Waals surface area contributed by atoms with E-state index in [2.05, 4.69) is 5.32 Å². The first-order chi connectivity index (χ1) is 16.0. The molecule has 1 saturated heterocycles. The van der Waals surface area contributed by atoms with Gasteiger partial charge in [0.15, 0.2) is 0 Å². The SMILES string of the molecule is COc1ccc(S(=O)(=O)N2CCCCC2)cc1NC(=O)Cc1ccc(-c2ccccc2)cc1. The van der Waals surface area contributed by atoms with Gasteiger partial charge >= 0.3 is 0 Å². The number of ether oxygens (including phenoxy) is 1. The van der Waals surface area contributed by atoms with Crippen LogP contribution in [0.2, 0.25) is 0 Å². The van der Waals surface area contributed by atoms with E-state index in [4.69, 9.17) is 4.74 Å². The van der Waals surface area contributed by atoms with Gasteiger partial charge in [0.05, 0.1) is 24.1 Å². The van der Waals surface area contributed by atoms with Crippen molar-refractivity contribution in [2.45, 2.75) is 30.6 Å². The molecule has 1 fully saturated rings. The van der Waals surface area contributed by atoms with Crippen molar-refractivity contribution in [2.75, 3.05) is 25.5 Å². The van der Waals surface area contributed by atoms with Crippen LogP contribution in [-0.2, 0) is 21.2 Å². The summed E-state index contributed by atoms with van der Waals surface area (Å²) in [7, 11) is -2.12. The predicted molar refractivity (Wildman–Crippen MR) is 130 cm³/mol. The number of carbonyl (C=O) groups excluding carboxylic acids is 1. The summed E-state index contributed by atoms with van der Waals surface area (Å²) in [6.07, 6.45) is 2.94. The first kappa shape index (κ1) is 23.0. The molecule has 4 rings (SSSR count). The third kappa shape index (κ3) is 5.43. The number of hydrogen-bond donors (Lipinski definition) is 1. The van der Waals surface area contributed by atoms with Gasteiger partial charge in [-0.15, -0.1) is 0 Å². The first-order valence-electron chi connectivity index (χ1n) is 11.1. The predicted octanol–water partition coefficient (Wildman–Crippen LogP) is 4.72. The lowest BCUT2D eigenvalue weighted by atomic mass is 10.0. The van der Waals surface area contributed by atoms with Gasteiger partial charge in [-0.3, -0.25) is 4.79 Å². The normalized spacial score (nSPS) is 14.6. The summed E-state index contributed by atoms with van der Waals surface area (Å²) in [6.45, 7) is 1.05. The van der Waals surface area contributed by atoms with E-state index in [0.717, 1.165) is 36.0 Å². The largest absolute Gasteiger partial charge is 0.495 e. The maximum Gasteiger partial charge on any atom is 0.243 e. The summed E-state index contributed by atoms with van der Waals surface area (Å²) < 4.78 is 32.9. The molecule has 3 aromatic rings. The van der Waals surface area contributed by atoms with Crippen LogP contribution in [0.1, 0.15) is 24.8 Å². The highest BCUT2D eigenvalue weighted by Crippen LogP contribution is 2.30. The summed E-state index contributed by atoms with van der Waals surface area (Å²) in [5.41, 5.74) is 3.41. The zero-order chi connectivity index (χ0) is 23.3. The molecule has 6 nitrogen and oxygen atoms in total. The van der Waals surface area contributed by atoms with E-state index < -0.39 is 10.0 Å². The van der Waals surface area contributed by atoms with Gasteiger partial charge in [0.25, 0.3) is 0 Å². The highest BCUT2D eigenvalue weighted by Gasteiger charge is 2.27. The number of nitrogens with one attached hydrogen (secondary N) is 1. The molecule has 0 aliphatic carbocycles. The Labute approximate surface area is 195 Å². The number of piperidine rings is 1. The third-order valence-electron chi connectivity index (χ3n) is 5.82. The molecule has 1 aliphatic heterocycles. The van der Waals surface area contributed by atoms with E-state index in [1.807, 2.05) is 54.6 Å². The van der Waals surface area contributed by atoms with Gasteiger partial charge in [-0.1, -0.05) is 61.0 Å². The highest BCUT2D eigenvalue weighted by molar-refractivity contribution is 7.89. The molecule has 0 unspecified atom stereocenters. The first-order valence-corrected chi connectivity index (χ1v) is 12.5. The summed E-state index contributed by atoms with van der Waals surface area (Å²) in [5.74, 6) is 0.175. The lowest BCUT2D eigenvalue weighted by Gasteiger charge is -2.26. The molecule has 0 radical (unpaired) electrons. The van der Waals surface area contributed by atoms with Crippen molar-refractivity contribution in [3.8, 4) is 16.9 Å². The zero-order valence-electron chi connectivity index (χ0n) is 18.7. The number of anilines is 1. The average molecular weight is 465 g/mol. The molecular formula is C26H28N2O4S. The Morgan fingerprint density at radius 3 is 2.24 bits per heavy atom.